The van der Waals surface area contributed by atoms with E-state index >= 15 is 0 Å². The van der Waals surface area contributed by atoms with Crippen molar-refractivity contribution in [2.45, 2.75) is 0 Å². The second-order valence-corrected chi connectivity index (χ2v) is 3.27. The molecule has 0 fully saturated rings. The SMILES string of the molecule is CO/N=C(\C(=O)OC)c1csc(NC=O)n1. The molecule has 7 nitrogen and oxygen atoms in total. The van der Waals surface area contributed by atoms with E-state index < -0.39 is 5.97 Å². The van der Waals surface area contributed by atoms with Crippen LogP contribution in [0.2, 0.25) is 0 Å². The van der Waals surface area contributed by atoms with Crippen molar-refractivity contribution in [3.8, 4) is 0 Å². The Kier molecular flexibility index (Phi) is 4.40. The first-order chi connectivity index (χ1) is 7.72. The summed E-state index contributed by atoms with van der Waals surface area (Å²) in [6.07, 6.45) is 0.494. The number of oxime groups is 1. The van der Waals surface area contributed by atoms with Gasteiger partial charge in [0, 0.05) is 5.38 Å². The Morgan fingerprint density at radius 1 is 1.62 bits per heavy atom. The van der Waals surface area contributed by atoms with Crippen molar-refractivity contribution < 1.29 is 19.2 Å². The maximum atomic E-state index is 11.3. The van der Waals surface area contributed by atoms with Gasteiger partial charge in [-0.1, -0.05) is 5.16 Å². The van der Waals surface area contributed by atoms with Crippen LogP contribution < -0.4 is 5.32 Å². The molecule has 0 spiro atoms. The summed E-state index contributed by atoms with van der Waals surface area (Å²) in [6, 6.07) is 0. The zero-order valence-electron chi connectivity index (χ0n) is 8.59. The molecule has 0 aliphatic carbocycles. The summed E-state index contributed by atoms with van der Waals surface area (Å²) in [7, 11) is 2.53. The van der Waals surface area contributed by atoms with Gasteiger partial charge >= 0.3 is 5.97 Å². The number of methoxy groups -OCH3 is 1. The molecule has 8 heteroatoms. The van der Waals surface area contributed by atoms with Crippen LogP contribution in [0, 0.1) is 0 Å². The molecule has 0 saturated carbocycles. The number of rotatable bonds is 5. The van der Waals surface area contributed by atoms with Crippen LogP contribution in [0.3, 0.4) is 0 Å². The maximum Gasteiger partial charge on any atom is 0.362 e. The van der Waals surface area contributed by atoms with E-state index in [1.54, 1.807) is 5.38 Å². The van der Waals surface area contributed by atoms with E-state index in [9.17, 15) is 9.59 Å². The Morgan fingerprint density at radius 3 is 2.94 bits per heavy atom. The van der Waals surface area contributed by atoms with Crippen molar-refractivity contribution in [2.24, 2.45) is 5.16 Å². The number of nitrogens with zero attached hydrogens (tertiary/aromatic N) is 2. The molecular formula is C8H9N3O4S. The molecule has 86 valence electrons. The van der Waals surface area contributed by atoms with E-state index in [0.717, 1.165) is 11.3 Å². The van der Waals surface area contributed by atoms with Crippen molar-refractivity contribution in [2.75, 3.05) is 19.5 Å². The fourth-order valence-electron chi connectivity index (χ4n) is 0.876. The van der Waals surface area contributed by atoms with E-state index in [-0.39, 0.29) is 11.4 Å². The molecule has 0 aromatic carbocycles. The molecule has 0 saturated heterocycles. The average molecular weight is 243 g/mol. The van der Waals surface area contributed by atoms with E-state index in [0.29, 0.717) is 11.5 Å². The minimum Gasteiger partial charge on any atom is -0.464 e. The summed E-state index contributed by atoms with van der Waals surface area (Å²) < 4.78 is 4.51. The predicted octanol–water partition coefficient (Wildman–Crippen LogP) is 0.235. The minimum atomic E-state index is -0.662. The third-order valence-corrected chi connectivity index (χ3v) is 2.26. The van der Waals surface area contributed by atoms with Crippen LogP contribution in [0.5, 0.6) is 0 Å². The van der Waals surface area contributed by atoms with Gasteiger partial charge in [0.25, 0.3) is 0 Å². The quantitative estimate of drug-likeness (QED) is 0.346. The van der Waals surface area contributed by atoms with Crippen LogP contribution >= 0.6 is 11.3 Å². The van der Waals surface area contributed by atoms with Crippen LogP contribution in [-0.2, 0) is 19.2 Å². The highest BCUT2D eigenvalue weighted by Crippen LogP contribution is 2.15. The van der Waals surface area contributed by atoms with Crippen LogP contribution in [0.1, 0.15) is 5.69 Å². The number of aromatic nitrogens is 1. The summed E-state index contributed by atoms with van der Waals surface area (Å²) in [5, 5.41) is 7.78. The number of carbonyl (C=O) groups is 2. The largest absolute Gasteiger partial charge is 0.464 e. The Balaban J connectivity index is 2.97. The normalized spacial score (nSPS) is 10.8. The van der Waals surface area contributed by atoms with Crippen molar-refractivity contribution >= 4 is 34.6 Å². The van der Waals surface area contributed by atoms with Crippen molar-refractivity contribution in [3.05, 3.63) is 11.1 Å². The third kappa shape index (κ3) is 2.76. The zero-order valence-corrected chi connectivity index (χ0v) is 9.41. The lowest BCUT2D eigenvalue weighted by Crippen LogP contribution is -2.18. The molecule has 0 aliphatic rings. The first-order valence-corrected chi connectivity index (χ1v) is 4.96. The number of hydrogen-bond acceptors (Lipinski definition) is 7. The standard InChI is InChI=1S/C8H9N3O4S/c1-14-7(13)6(11-15-2)5-3-16-8(10-5)9-4-12/h3-4H,1-2H3,(H,9,10,12)/b11-6-. The molecule has 0 radical (unpaired) electrons. The first kappa shape index (κ1) is 12.1. The second kappa shape index (κ2) is 5.81. The molecule has 0 bridgehead atoms. The molecule has 0 unspecified atom stereocenters. The van der Waals surface area contributed by atoms with Gasteiger partial charge in [0.1, 0.15) is 12.8 Å². The van der Waals surface area contributed by atoms with Gasteiger partial charge in [0.2, 0.25) is 12.1 Å². The predicted molar refractivity (Wildman–Crippen MR) is 57.4 cm³/mol. The van der Waals surface area contributed by atoms with Gasteiger partial charge < -0.3 is 14.9 Å². The van der Waals surface area contributed by atoms with Crippen LogP contribution in [0.25, 0.3) is 0 Å². The molecule has 1 N–H and O–H groups in total. The van der Waals surface area contributed by atoms with Crippen molar-refractivity contribution in [1.29, 1.82) is 0 Å². The maximum absolute atomic E-state index is 11.3. The summed E-state index contributed by atoms with van der Waals surface area (Å²) >= 11 is 1.16. The topological polar surface area (TPSA) is 89.9 Å². The number of anilines is 1. The lowest BCUT2D eigenvalue weighted by atomic mass is 10.3. The Hall–Kier alpha value is -1.96. The Morgan fingerprint density at radius 2 is 2.38 bits per heavy atom. The zero-order chi connectivity index (χ0) is 12.0. The van der Waals surface area contributed by atoms with Gasteiger partial charge in [-0.3, -0.25) is 4.79 Å². The molecule has 16 heavy (non-hydrogen) atoms. The molecule has 1 amide bonds. The van der Waals surface area contributed by atoms with E-state index in [1.165, 1.54) is 14.2 Å². The Labute approximate surface area is 95.1 Å². The smallest absolute Gasteiger partial charge is 0.362 e. The number of carbonyl (C=O) groups excluding carboxylic acids is 2. The van der Waals surface area contributed by atoms with Gasteiger partial charge in [-0.2, -0.15) is 0 Å². The van der Waals surface area contributed by atoms with Gasteiger partial charge in [-0.25, -0.2) is 9.78 Å². The molecule has 1 heterocycles. The van der Waals surface area contributed by atoms with Crippen LogP contribution in [0.4, 0.5) is 5.13 Å². The van der Waals surface area contributed by atoms with Crippen molar-refractivity contribution in [3.63, 3.8) is 0 Å². The minimum absolute atomic E-state index is 0.0554. The van der Waals surface area contributed by atoms with Gasteiger partial charge in [0.15, 0.2) is 5.13 Å². The highest BCUT2D eigenvalue weighted by molar-refractivity contribution is 7.14. The third-order valence-electron chi connectivity index (χ3n) is 1.49. The molecule has 1 aromatic rings. The van der Waals surface area contributed by atoms with Crippen LogP contribution in [-0.4, -0.2) is 37.3 Å². The summed E-state index contributed by atoms with van der Waals surface area (Å²) in [5.74, 6) is -0.662. The monoisotopic (exact) mass is 243 g/mol. The first-order valence-electron chi connectivity index (χ1n) is 4.08. The average Bonchev–Trinajstić information content (AvgIpc) is 2.74. The molecule has 0 aliphatic heterocycles. The lowest BCUT2D eigenvalue weighted by Gasteiger charge is -1.99. The number of amides is 1. The second-order valence-electron chi connectivity index (χ2n) is 2.41. The van der Waals surface area contributed by atoms with Gasteiger partial charge in [-0.05, 0) is 0 Å². The number of ether oxygens (including phenoxy) is 1. The molecule has 0 atom stereocenters. The fourth-order valence-corrected chi connectivity index (χ4v) is 1.53. The van der Waals surface area contributed by atoms with E-state index in [1.807, 2.05) is 0 Å². The van der Waals surface area contributed by atoms with E-state index in [4.69, 9.17) is 0 Å². The van der Waals surface area contributed by atoms with Gasteiger partial charge in [0.05, 0.1) is 7.11 Å². The highest BCUT2D eigenvalue weighted by Gasteiger charge is 2.18. The fraction of sp³-hybridized carbons (Fsp3) is 0.250. The molecular weight excluding hydrogens is 234 g/mol. The van der Waals surface area contributed by atoms with Crippen LogP contribution in [0.15, 0.2) is 10.5 Å². The van der Waals surface area contributed by atoms with Crippen molar-refractivity contribution in [1.82, 2.24) is 4.98 Å². The number of nitrogens with one attached hydrogen (secondary N) is 1. The van der Waals surface area contributed by atoms with E-state index in [2.05, 4.69) is 25.0 Å². The molecule has 1 rings (SSSR count). The number of hydrogen-bond donors (Lipinski definition) is 1. The Bertz CT molecular complexity index is 415. The lowest BCUT2D eigenvalue weighted by molar-refractivity contribution is -0.132. The summed E-state index contributed by atoms with van der Waals surface area (Å²) in [6.45, 7) is 0. The number of thiazole rings is 1. The number of esters is 1. The molecule has 1 aromatic heterocycles. The van der Waals surface area contributed by atoms with Gasteiger partial charge in [-0.15, -0.1) is 11.3 Å². The summed E-state index contributed by atoms with van der Waals surface area (Å²) in [4.78, 5) is 30.0. The summed E-state index contributed by atoms with van der Waals surface area (Å²) in [5.41, 5.74) is 0.225. The highest BCUT2D eigenvalue weighted by atomic mass is 32.1.